The van der Waals surface area contributed by atoms with Gasteiger partial charge in [-0.2, -0.15) is 0 Å². The van der Waals surface area contributed by atoms with E-state index in [1.807, 2.05) is 48.8 Å². The fraction of sp³-hybridized carbons (Fsp3) is 0.125. The number of aromatic amines is 2. The number of H-pyrrole nitrogens is 2. The summed E-state index contributed by atoms with van der Waals surface area (Å²) in [5.74, 6) is 0. The summed E-state index contributed by atoms with van der Waals surface area (Å²) in [5.41, 5.74) is 4.58. The van der Waals surface area contributed by atoms with Crippen LogP contribution in [-0.2, 0) is 16.4 Å². The molecule has 0 saturated heterocycles. The SMILES string of the molecule is O=S(=O)(N[C@@H](CO)Cc1c[nH]c2ccccc12)c1ccc(-c2ccnc3[nH]ccc23)cc1. The Hall–Kier alpha value is -3.46. The Morgan fingerprint density at radius 1 is 0.969 bits per heavy atom. The van der Waals surface area contributed by atoms with Crippen molar-refractivity contribution in [2.24, 2.45) is 0 Å². The molecule has 8 heteroatoms. The minimum absolute atomic E-state index is 0.151. The van der Waals surface area contributed by atoms with Crippen LogP contribution in [0, 0.1) is 0 Å². The first kappa shape index (κ1) is 20.4. The lowest BCUT2D eigenvalue weighted by molar-refractivity contribution is 0.256. The minimum Gasteiger partial charge on any atom is -0.395 e. The van der Waals surface area contributed by atoms with E-state index in [0.29, 0.717) is 6.42 Å². The van der Waals surface area contributed by atoms with E-state index in [9.17, 15) is 13.5 Å². The van der Waals surface area contributed by atoms with E-state index in [0.717, 1.165) is 38.6 Å². The van der Waals surface area contributed by atoms with Crippen LogP contribution in [0.3, 0.4) is 0 Å². The third-order valence-corrected chi connectivity index (χ3v) is 7.16. The van der Waals surface area contributed by atoms with Crippen LogP contribution in [0.15, 0.2) is 84.1 Å². The quantitative estimate of drug-likeness (QED) is 0.306. The van der Waals surface area contributed by atoms with Crippen LogP contribution in [0.4, 0.5) is 0 Å². The van der Waals surface area contributed by atoms with E-state index in [1.165, 1.54) is 0 Å². The number of aromatic nitrogens is 3. The third kappa shape index (κ3) is 3.80. The Kier molecular flexibility index (Phi) is 5.26. The monoisotopic (exact) mass is 446 g/mol. The molecule has 0 fully saturated rings. The molecular weight excluding hydrogens is 424 g/mol. The van der Waals surface area contributed by atoms with E-state index >= 15 is 0 Å². The van der Waals surface area contributed by atoms with Gasteiger partial charge in [0.15, 0.2) is 0 Å². The largest absolute Gasteiger partial charge is 0.395 e. The van der Waals surface area contributed by atoms with Crippen molar-refractivity contribution in [2.75, 3.05) is 6.61 Å². The molecule has 2 aromatic carbocycles. The minimum atomic E-state index is -3.80. The molecule has 0 amide bonds. The molecule has 0 spiro atoms. The molecule has 0 unspecified atom stereocenters. The van der Waals surface area contributed by atoms with Gasteiger partial charge in [-0.1, -0.05) is 30.3 Å². The molecule has 5 rings (SSSR count). The second kappa shape index (κ2) is 8.23. The molecule has 3 aromatic heterocycles. The molecule has 0 radical (unpaired) electrons. The number of pyridine rings is 1. The van der Waals surface area contributed by atoms with Crippen LogP contribution in [0.25, 0.3) is 33.1 Å². The first-order valence-corrected chi connectivity index (χ1v) is 11.7. The van der Waals surface area contributed by atoms with Crippen LogP contribution in [-0.4, -0.2) is 41.1 Å². The summed E-state index contributed by atoms with van der Waals surface area (Å²) in [7, 11) is -3.80. The first-order valence-electron chi connectivity index (χ1n) is 10.3. The zero-order valence-electron chi connectivity index (χ0n) is 17.1. The lowest BCUT2D eigenvalue weighted by Crippen LogP contribution is -2.39. The van der Waals surface area contributed by atoms with Crippen molar-refractivity contribution in [3.8, 4) is 11.1 Å². The van der Waals surface area contributed by atoms with E-state index in [2.05, 4.69) is 19.7 Å². The number of nitrogens with zero attached hydrogens (tertiary/aromatic N) is 1. The fourth-order valence-electron chi connectivity index (χ4n) is 4.02. The van der Waals surface area contributed by atoms with Crippen molar-refractivity contribution in [3.05, 3.63) is 84.8 Å². The predicted octanol–water partition coefficient (Wildman–Crippen LogP) is 3.59. The van der Waals surface area contributed by atoms with E-state index in [1.54, 1.807) is 30.5 Å². The molecule has 0 bridgehead atoms. The van der Waals surface area contributed by atoms with Crippen molar-refractivity contribution < 1.29 is 13.5 Å². The molecule has 3 heterocycles. The zero-order valence-corrected chi connectivity index (χ0v) is 17.9. The highest BCUT2D eigenvalue weighted by atomic mass is 32.2. The van der Waals surface area contributed by atoms with E-state index in [-0.39, 0.29) is 11.5 Å². The normalized spacial score (nSPS) is 13.0. The van der Waals surface area contributed by atoms with Crippen LogP contribution < -0.4 is 4.72 Å². The number of hydrogen-bond donors (Lipinski definition) is 4. The molecule has 32 heavy (non-hydrogen) atoms. The number of benzene rings is 2. The summed E-state index contributed by atoms with van der Waals surface area (Å²) in [6, 6.07) is 17.7. The Bertz CT molecular complexity index is 1490. The lowest BCUT2D eigenvalue weighted by Gasteiger charge is -2.16. The standard InChI is InChI=1S/C24H22N4O3S/c29-15-18(13-17-14-27-23-4-2-1-3-21(17)23)28-32(30,31)19-7-5-16(6-8-19)20-9-11-25-24-22(20)10-12-26-24/h1-12,14,18,27-29H,13,15H2,(H,25,26)/t18-/m1/s1. The number of hydrogen-bond acceptors (Lipinski definition) is 4. The second-order valence-electron chi connectivity index (χ2n) is 7.69. The molecule has 162 valence electrons. The first-order chi connectivity index (χ1) is 15.5. The number of nitrogens with one attached hydrogen (secondary N) is 3. The molecule has 4 N–H and O–H groups in total. The molecule has 0 saturated carbocycles. The summed E-state index contributed by atoms with van der Waals surface area (Å²) >= 11 is 0. The van der Waals surface area contributed by atoms with Gasteiger partial charge in [0.05, 0.1) is 11.5 Å². The topological polar surface area (TPSA) is 111 Å². The summed E-state index contributed by atoms with van der Waals surface area (Å²) in [6.45, 7) is -0.306. The smallest absolute Gasteiger partial charge is 0.240 e. The van der Waals surface area contributed by atoms with Gasteiger partial charge in [0.1, 0.15) is 5.65 Å². The van der Waals surface area contributed by atoms with Gasteiger partial charge in [-0.3, -0.25) is 0 Å². The van der Waals surface area contributed by atoms with Crippen molar-refractivity contribution >= 4 is 32.0 Å². The van der Waals surface area contributed by atoms with Gasteiger partial charge < -0.3 is 15.1 Å². The van der Waals surface area contributed by atoms with Crippen LogP contribution in [0.5, 0.6) is 0 Å². The second-order valence-corrected chi connectivity index (χ2v) is 9.40. The maximum atomic E-state index is 13.0. The number of sulfonamides is 1. The summed E-state index contributed by atoms with van der Waals surface area (Å²) in [5, 5.41) is 11.8. The Morgan fingerprint density at radius 2 is 1.78 bits per heavy atom. The zero-order chi connectivity index (χ0) is 22.1. The van der Waals surface area contributed by atoms with Gasteiger partial charge in [-0.15, -0.1) is 0 Å². The van der Waals surface area contributed by atoms with Crippen LogP contribution in [0.2, 0.25) is 0 Å². The third-order valence-electron chi connectivity index (χ3n) is 5.62. The summed E-state index contributed by atoms with van der Waals surface area (Å²) in [4.78, 5) is 10.7. The van der Waals surface area contributed by atoms with Crippen molar-refractivity contribution in [1.29, 1.82) is 0 Å². The number of aliphatic hydroxyl groups excluding tert-OH is 1. The van der Waals surface area contributed by atoms with Crippen LogP contribution >= 0.6 is 0 Å². The van der Waals surface area contributed by atoms with Gasteiger partial charge in [-0.25, -0.2) is 18.1 Å². The Balaban J connectivity index is 1.37. The highest BCUT2D eigenvalue weighted by Gasteiger charge is 2.21. The van der Waals surface area contributed by atoms with Gasteiger partial charge in [0.2, 0.25) is 10.0 Å². The number of fused-ring (bicyclic) bond motifs is 2. The summed E-state index contributed by atoms with van der Waals surface area (Å²) < 4.78 is 28.6. The van der Waals surface area contributed by atoms with Gasteiger partial charge >= 0.3 is 0 Å². The number of para-hydroxylation sites is 1. The van der Waals surface area contributed by atoms with Crippen molar-refractivity contribution in [2.45, 2.75) is 17.4 Å². The van der Waals surface area contributed by atoms with Gasteiger partial charge in [0, 0.05) is 40.9 Å². The molecule has 5 aromatic rings. The Labute approximate surface area is 185 Å². The van der Waals surface area contributed by atoms with Gasteiger partial charge in [-0.05, 0) is 53.4 Å². The maximum absolute atomic E-state index is 13.0. The highest BCUT2D eigenvalue weighted by Crippen LogP contribution is 2.28. The molecule has 7 nitrogen and oxygen atoms in total. The molecule has 0 aliphatic rings. The molecule has 1 atom stereocenters. The van der Waals surface area contributed by atoms with Crippen LogP contribution in [0.1, 0.15) is 5.56 Å². The average Bonchev–Trinajstić information content (AvgIpc) is 3.46. The van der Waals surface area contributed by atoms with E-state index in [4.69, 9.17) is 0 Å². The van der Waals surface area contributed by atoms with Gasteiger partial charge in [0.25, 0.3) is 0 Å². The fourth-order valence-corrected chi connectivity index (χ4v) is 5.25. The summed E-state index contributed by atoms with van der Waals surface area (Å²) in [6.07, 6.45) is 5.77. The maximum Gasteiger partial charge on any atom is 0.240 e. The Morgan fingerprint density at radius 3 is 2.59 bits per heavy atom. The van der Waals surface area contributed by atoms with E-state index < -0.39 is 16.1 Å². The molecular formula is C24H22N4O3S. The molecule has 0 aliphatic heterocycles. The average molecular weight is 447 g/mol. The highest BCUT2D eigenvalue weighted by molar-refractivity contribution is 7.89. The van der Waals surface area contributed by atoms with Crippen molar-refractivity contribution in [1.82, 2.24) is 19.7 Å². The molecule has 0 aliphatic carbocycles. The number of rotatable bonds is 7. The lowest BCUT2D eigenvalue weighted by atomic mass is 10.0. The van der Waals surface area contributed by atoms with Crippen molar-refractivity contribution in [3.63, 3.8) is 0 Å². The number of aliphatic hydroxyl groups is 1. The predicted molar refractivity (Wildman–Crippen MR) is 125 cm³/mol.